The average Bonchev–Trinajstić information content (AvgIpc) is 2.60. The summed E-state index contributed by atoms with van der Waals surface area (Å²) in [7, 11) is 0. The fraction of sp³-hybridized carbons (Fsp3) is 0.636. The summed E-state index contributed by atoms with van der Waals surface area (Å²) < 4.78 is 5.73. The normalized spacial score (nSPS) is 20.9. The zero-order valence-electron chi connectivity index (χ0n) is 14.7. The lowest BCUT2D eigenvalue weighted by molar-refractivity contribution is 0.301. The molecule has 1 aliphatic rings. The van der Waals surface area contributed by atoms with Gasteiger partial charge in [-0.25, -0.2) is 0 Å². The van der Waals surface area contributed by atoms with E-state index in [0.29, 0.717) is 6.61 Å². The Labute approximate surface area is 142 Å². The van der Waals surface area contributed by atoms with Crippen molar-refractivity contribution in [2.24, 2.45) is 5.92 Å². The summed E-state index contributed by atoms with van der Waals surface area (Å²) in [5, 5.41) is 0. The Hall–Kier alpha value is -1.42. The number of rotatable bonds is 9. The topological polar surface area (TPSA) is 9.23 Å². The molecule has 0 aromatic heterocycles. The standard InChI is InChI=1S/C22H32O/c1-3-5-7-9-19-10-12-20(13-11-19)21-14-16-22(17-15-21)23-18-8-6-4-2/h2,14-17,19-20H,3,5-13,18H2,1H3. The van der Waals surface area contributed by atoms with Crippen LogP contribution in [0.5, 0.6) is 5.75 Å². The molecule has 0 aliphatic heterocycles. The van der Waals surface area contributed by atoms with E-state index in [2.05, 4.69) is 37.1 Å². The van der Waals surface area contributed by atoms with Crippen LogP contribution < -0.4 is 4.74 Å². The second-order valence-corrected chi connectivity index (χ2v) is 6.94. The molecule has 1 aliphatic carbocycles. The molecule has 0 saturated heterocycles. The highest BCUT2D eigenvalue weighted by atomic mass is 16.5. The summed E-state index contributed by atoms with van der Waals surface area (Å²) in [5.74, 6) is 5.36. The third-order valence-corrected chi connectivity index (χ3v) is 5.15. The highest BCUT2D eigenvalue weighted by Gasteiger charge is 2.21. The Morgan fingerprint density at radius 1 is 1.04 bits per heavy atom. The lowest BCUT2D eigenvalue weighted by Crippen LogP contribution is -2.13. The third-order valence-electron chi connectivity index (χ3n) is 5.15. The van der Waals surface area contributed by atoms with Crippen molar-refractivity contribution < 1.29 is 4.74 Å². The highest BCUT2D eigenvalue weighted by Crippen LogP contribution is 2.38. The van der Waals surface area contributed by atoms with Crippen LogP contribution in [0.4, 0.5) is 0 Å². The molecule has 126 valence electrons. The number of hydrogen-bond donors (Lipinski definition) is 0. The molecule has 0 radical (unpaired) electrons. The van der Waals surface area contributed by atoms with Crippen molar-refractivity contribution >= 4 is 0 Å². The zero-order chi connectivity index (χ0) is 16.3. The van der Waals surface area contributed by atoms with Crippen molar-refractivity contribution in [3.05, 3.63) is 29.8 Å². The van der Waals surface area contributed by atoms with Gasteiger partial charge in [-0.15, -0.1) is 12.3 Å². The Balaban J connectivity index is 1.72. The van der Waals surface area contributed by atoms with Crippen LogP contribution in [0.2, 0.25) is 0 Å². The Bertz CT molecular complexity index is 460. The maximum absolute atomic E-state index is 5.73. The largest absolute Gasteiger partial charge is 0.494 e. The number of unbranched alkanes of at least 4 members (excludes halogenated alkanes) is 3. The van der Waals surface area contributed by atoms with Crippen molar-refractivity contribution in [2.45, 2.75) is 77.0 Å². The van der Waals surface area contributed by atoms with Gasteiger partial charge in [0.15, 0.2) is 0 Å². The molecule has 0 unspecified atom stereocenters. The van der Waals surface area contributed by atoms with E-state index >= 15 is 0 Å². The Morgan fingerprint density at radius 2 is 1.78 bits per heavy atom. The smallest absolute Gasteiger partial charge is 0.119 e. The molecule has 1 saturated carbocycles. The Kier molecular flexibility index (Phi) is 8.08. The molecule has 1 aromatic rings. The minimum Gasteiger partial charge on any atom is -0.494 e. The summed E-state index contributed by atoms with van der Waals surface area (Å²) in [6.45, 7) is 3.01. The lowest BCUT2D eigenvalue weighted by atomic mass is 9.77. The van der Waals surface area contributed by atoms with Gasteiger partial charge in [-0.1, -0.05) is 44.7 Å². The molecule has 0 bridgehead atoms. The minimum absolute atomic E-state index is 0.715. The van der Waals surface area contributed by atoms with Crippen LogP contribution in [0.1, 0.15) is 82.6 Å². The van der Waals surface area contributed by atoms with Crippen molar-refractivity contribution in [1.29, 1.82) is 0 Å². The molecule has 23 heavy (non-hydrogen) atoms. The summed E-state index contributed by atoms with van der Waals surface area (Å²) in [5.41, 5.74) is 1.49. The molecule has 2 rings (SSSR count). The lowest BCUT2D eigenvalue weighted by Gasteiger charge is -2.29. The van der Waals surface area contributed by atoms with Gasteiger partial charge in [0.05, 0.1) is 6.61 Å². The van der Waals surface area contributed by atoms with Gasteiger partial charge >= 0.3 is 0 Å². The van der Waals surface area contributed by atoms with Crippen molar-refractivity contribution in [1.82, 2.24) is 0 Å². The van der Waals surface area contributed by atoms with Crippen LogP contribution in [-0.2, 0) is 0 Å². The highest BCUT2D eigenvalue weighted by molar-refractivity contribution is 5.29. The van der Waals surface area contributed by atoms with Crippen LogP contribution in [0, 0.1) is 18.3 Å². The van der Waals surface area contributed by atoms with Crippen LogP contribution in [0.3, 0.4) is 0 Å². The van der Waals surface area contributed by atoms with E-state index in [1.165, 1.54) is 56.9 Å². The van der Waals surface area contributed by atoms with Crippen LogP contribution in [-0.4, -0.2) is 6.61 Å². The van der Waals surface area contributed by atoms with E-state index in [9.17, 15) is 0 Å². The summed E-state index contributed by atoms with van der Waals surface area (Å²) in [4.78, 5) is 0. The molecule has 0 N–H and O–H groups in total. The monoisotopic (exact) mass is 312 g/mol. The van der Waals surface area contributed by atoms with Gasteiger partial charge in [-0.05, 0) is 61.6 Å². The second-order valence-electron chi connectivity index (χ2n) is 6.94. The van der Waals surface area contributed by atoms with Crippen molar-refractivity contribution in [2.75, 3.05) is 6.61 Å². The molecule has 0 atom stereocenters. The first kappa shape index (κ1) is 17.9. The molecular formula is C22H32O. The molecule has 1 heteroatoms. The maximum atomic E-state index is 5.73. The number of ether oxygens (including phenoxy) is 1. The summed E-state index contributed by atoms with van der Waals surface area (Å²) in [6, 6.07) is 8.77. The third kappa shape index (κ3) is 6.30. The SMILES string of the molecule is C#CCCCOc1ccc(C2CCC(CCCCC)CC2)cc1. The van der Waals surface area contributed by atoms with E-state index in [1.54, 1.807) is 0 Å². The second kappa shape index (κ2) is 10.4. The summed E-state index contributed by atoms with van der Waals surface area (Å²) in [6.07, 6.45) is 18.1. The van der Waals surface area contributed by atoms with Crippen molar-refractivity contribution in [3.8, 4) is 18.1 Å². The van der Waals surface area contributed by atoms with E-state index < -0.39 is 0 Å². The predicted octanol–water partition coefficient (Wildman–Crippen LogP) is 6.33. The molecule has 0 heterocycles. The number of benzene rings is 1. The van der Waals surface area contributed by atoms with Crippen LogP contribution in [0.25, 0.3) is 0 Å². The van der Waals surface area contributed by atoms with E-state index in [4.69, 9.17) is 11.2 Å². The van der Waals surface area contributed by atoms with E-state index in [-0.39, 0.29) is 0 Å². The van der Waals surface area contributed by atoms with Gasteiger partial charge in [0.2, 0.25) is 0 Å². The molecule has 1 fully saturated rings. The van der Waals surface area contributed by atoms with Crippen LogP contribution in [0.15, 0.2) is 24.3 Å². The fourth-order valence-electron chi connectivity index (χ4n) is 3.67. The molecule has 0 spiro atoms. The first-order valence-electron chi connectivity index (χ1n) is 9.49. The zero-order valence-corrected chi connectivity index (χ0v) is 14.7. The van der Waals surface area contributed by atoms with Gasteiger partial charge in [-0.2, -0.15) is 0 Å². The number of hydrogen-bond acceptors (Lipinski definition) is 1. The summed E-state index contributed by atoms with van der Waals surface area (Å²) >= 11 is 0. The van der Waals surface area contributed by atoms with Gasteiger partial charge in [-0.3, -0.25) is 0 Å². The predicted molar refractivity (Wildman–Crippen MR) is 98.8 cm³/mol. The quantitative estimate of drug-likeness (QED) is 0.382. The first-order valence-corrected chi connectivity index (χ1v) is 9.49. The van der Waals surface area contributed by atoms with Crippen molar-refractivity contribution in [3.63, 3.8) is 0 Å². The average molecular weight is 312 g/mol. The van der Waals surface area contributed by atoms with Crippen LogP contribution >= 0.6 is 0 Å². The van der Waals surface area contributed by atoms with E-state index in [0.717, 1.165) is 30.4 Å². The maximum Gasteiger partial charge on any atom is 0.119 e. The molecule has 1 aromatic carbocycles. The molecule has 0 amide bonds. The fourth-order valence-corrected chi connectivity index (χ4v) is 3.67. The van der Waals surface area contributed by atoms with Gasteiger partial charge < -0.3 is 4.74 Å². The minimum atomic E-state index is 0.715. The van der Waals surface area contributed by atoms with E-state index in [1.807, 2.05) is 0 Å². The van der Waals surface area contributed by atoms with Gasteiger partial charge in [0.25, 0.3) is 0 Å². The first-order chi connectivity index (χ1) is 11.3. The Morgan fingerprint density at radius 3 is 2.43 bits per heavy atom. The molecule has 1 nitrogen and oxygen atoms in total. The van der Waals surface area contributed by atoms with Gasteiger partial charge in [0.1, 0.15) is 5.75 Å². The number of terminal acetylenes is 1. The molecular weight excluding hydrogens is 280 g/mol. The van der Waals surface area contributed by atoms with Gasteiger partial charge in [0, 0.05) is 6.42 Å².